The number of methoxy groups -OCH3 is 1. The number of nitrogens with two attached hydrogens (primary N) is 1. The third-order valence-electron chi connectivity index (χ3n) is 3.93. The molecule has 0 aliphatic carbocycles. The van der Waals surface area contributed by atoms with Crippen molar-refractivity contribution in [2.24, 2.45) is 5.73 Å². The summed E-state index contributed by atoms with van der Waals surface area (Å²) in [5.74, 6) is -0.0000666. The second-order valence-corrected chi connectivity index (χ2v) is 7.22. The van der Waals surface area contributed by atoms with E-state index in [2.05, 4.69) is 9.59 Å². The van der Waals surface area contributed by atoms with Crippen molar-refractivity contribution in [1.29, 1.82) is 0 Å². The molecule has 1 aliphatic heterocycles. The molecule has 0 radical (unpaired) electrons. The number of ether oxygens (including phenoxy) is 1. The van der Waals surface area contributed by atoms with Crippen LogP contribution in [0, 0.1) is 0 Å². The van der Waals surface area contributed by atoms with Crippen LogP contribution in [0.15, 0.2) is 0 Å². The molecule has 1 amide bonds. The van der Waals surface area contributed by atoms with Gasteiger partial charge in [0.25, 0.3) is 5.91 Å². The summed E-state index contributed by atoms with van der Waals surface area (Å²) >= 11 is 1.17. The zero-order valence-electron chi connectivity index (χ0n) is 13.1. The molecule has 2 unspecified atom stereocenters. The number of piperidine rings is 1. The molecular formula is C14H24N4O2S. The zero-order chi connectivity index (χ0) is 15.6. The number of rotatable bonds is 3. The summed E-state index contributed by atoms with van der Waals surface area (Å²) in [5.41, 5.74) is 6.42. The standard InChI is InChI=1S/C14H24N4O2S/c1-14(2,3)12-11(21-17-16-12)13(19)18-6-5-10(20-4)7-9(18)8-15/h9-10H,5-8,15H2,1-4H3. The Balaban J connectivity index is 2.22. The molecule has 0 saturated carbocycles. The summed E-state index contributed by atoms with van der Waals surface area (Å²) < 4.78 is 9.38. The van der Waals surface area contributed by atoms with Crippen LogP contribution in [0.25, 0.3) is 0 Å². The first-order valence-electron chi connectivity index (χ1n) is 7.25. The van der Waals surface area contributed by atoms with Gasteiger partial charge in [-0.05, 0) is 24.4 Å². The second kappa shape index (κ2) is 6.37. The molecule has 1 saturated heterocycles. The van der Waals surface area contributed by atoms with E-state index in [9.17, 15) is 4.79 Å². The number of amides is 1. The van der Waals surface area contributed by atoms with E-state index < -0.39 is 0 Å². The highest BCUT2D eigenvalue weighted by Crippen LogP contribution is 2.29. The molecule has 6 nitrogen and oxygen atoms in total. The number of carbonyl (C=O) groups is 1. The topological polar surface area (TPSA) is 81.3 Å². The molecule has 1 fully saturated rings. The number of carbonyl (C=O) groups excluding carboxylic acids is 1. The molecule has 0 aromatic carbocycles. The summed E-state index contributed by atoms with van der Waals surface area (Å²) in [4.78, 5) is 15.3. The van der Waals surface area contributed by atoms with Crippen molar-refractivity contribution in [3.8, 4) is 0 Å². The van der Waals surface area contributed by atoms with Gasteiger partial charge in [-0.2, -0.15) is 0 Å². The molecule has 2 atom stereocenters. The zero-order valence-corrected chi connectivity index (χ0v) is 13.9. The summed E-state index contributed by atoms with van der Waals surface area (Å²) in [7, 11) is 1.71. The second-order valence-electron chi connectivity index (χ2n) is 6.47. The lowest BCUT2D eigenvalue weighted by atomic mass is 9.90. The molecule has 2 rings (SSSR count). The highest BCUT2D eigenvalue weighted by Gasteiger charge is 2.35. The first-order valence-corrected chi connectivity index (χ1v) is 8.02. The van der Waals surface area contributed by atoms with E-state index in [-0.39, 0.29) is 23.5 Å². The molecule has 1 aromatic rings. The van der Waals surface area contributed by atoms with Crippen molar-refractivity contribution >= 4 is 17.4 Å². The maximum atomic E-state index is 12.9. The van der Waals surface area contributed by atoms with Gasteiger partial charge in [0.15, 0.2) is 0 Å². The fourth-order valence-electron chi connectivity index (χ4n) is 2.67. The van der Waals surface area contributed by atoms with Gasteiger partial charge in [0, 0.05) is 31.7 Å². The van der Waals surface area contributed by atoms with Gasteiger partial charge in [-0.1, -0.05) is 25.3 Å². The first-order chi connectivity index (χ1) is 9.88. The molecule has 7 heteroatoms. The van der Waals surface area contributed by atoms with E-state index in [0.29, 0.717) is 18.0 Å². The van der Waals surface area contributed by atoms with E-state index in [1.807, 2.05) is 25.7 Å². The van der Waals surface area contributed by atoms with Crippen LogP contribution in [0.3, 0.4) is 0 Å². The quantitative estimate of drug-likeness (QED) is 0.912. The van der Waals surface area contributed by atoms with Gasteiger partial charge >= 0.3 is 0 Å². The van der Waals surface area contributed by atoms with Crippen molar-refractivity contribution in [2.75, 3.05) is 20.2 Å². The maximum Gasteiger partial charge on any atom is 0.267 e. The summed E-state index contributed by atoms with van der Waals surface area (Å²) in [6.07, 6.45) is 1.82. The van der Waals surface area contributed by atoms with Gasteiger partial charge < -0.3 is 15.4 Å². The van der Waals surface area contributed by atoms with Crippen LogP contribution in [0.5, 0.6) is 0 Å². The minimum Gasteiger partial charge on any atom is -0.381 e. The largest absolute Gasteiger partial charge is 0.381 e. The Morgan fingerprint density at radius 3 is 2.81 bits per heavy atom. The fraction of sp³-hybridized carbons (Fsp3) is 0.786. The van der Waals surface area contributed by atoms with E-state index in [0.717, 1.165) is 18.5 Å². The summed E-state index contributed by atoms with van der Waals surface area (Å²) in [6, 6.07) is 0.0196. The SMILES string of the molecule is COC1CCN(C(=O)c2snnc2C(C)(C)C)C(CN)C1. The highest BCUT2D eigenvalue weighted by molar-refractivity contribution is 7.08. The van der Waals surface area contributed by atoms with E-state index >= 15 is 0 Å². The Hall–Kier alpha value is -1.05. The van der Waals surface area contributed by atoms with Gasteiger partial charge in [-0.3, -0.25) is 4.79 Å². The monoisotopic (exact) mass is 312 g/mol. The van der Waals surface area contributed by atoms with E-state index in [1.165, 1.54) is 11.5 Å². The molecular weight excluding hydrogens is 288 g/mol. The number of hydrogen-bond acceptors (Lipinski definition) is 6. The van der Waals surface area contributed by atoms with Crippen molar-refractivity contribution in [3.05, 3.63) is 10.6 Å². The third kappa shape index (κ3) is 3.41. The average molecular weight is 312 g/mol. The lowest BCUT2D eigenvalue weighted by molar-refractivity contribution is 0.0140. The smallest absolute Gasteiger partial charge is 0.267 e. The first kappa shape index (κ1) is 16.3. The third-order valence-corrected chi connectivity index (χ3v) is 4.64. The molecule has 118 valence electrons. The number of likely N-dealkylation sites (tertiary alicyclic amines) is 1. The van der Waals surface area contributed by atoms with E-state index in [1.54, 1.807) is 7.11 Å². The Bertz CT molecular complexity index is 497. The average Bonchev–Trinajstić information content (AvgIpc) is 2.95. The molecule has 21 heavy (non-hydrogen) atoms. The summed E-state index contributed by atoms with van der Waals surface area (Å²) in [6.45, 7) is 7.23. The van der Waals surface area contributed by atoms with Crippen molar-refractivity contribution in [1.82, 2.24) is 14.5 Å². The Kier molecular flexibility index (Phi) is 4.95. The molecule has 0 bridgehead atoms. The minimum absolute atomic E-state index is 0.0000666. The van der Waals surface area contributed by atoms with Crippen LogP contribution < -0.4 is 5.73 Å². The number of aromatic nitrogens is 2. The van der Waals surface area contributed by atoms with Crippen LogP contribution >= 0.6 is 11.5 Å². The summed E-state index contributed by atoms with van der Waals surface area (Å²) in [5, 5.41) is 4.15. The molecule has 2 N–H and O–H groups in total. The highest BCUT2D eigenvalue weighted by atomic mass is 32.1. The van der Waals surface area contributed by atoms with Gasteiger partial charge in [0.2, 0.25) is 0 Å². The lowest BCUT2D eigenvalue weighted by Gasteiger charge is -2.38. The molecule has 0 spiro atoms. The Morgan fingerprint density at radius 1 is 1.52 bits per heavy atom. The number of nitrogens with zero attached hydrogens (tertiary/aromatic N) is 3. The fourth-order valence-corrected chi connectivity index (χ4v) is 3.50. The van der Waals surface area contributed by atoms with Gasteiger partial charge in [0.1, 0.15) is 4.88 Å². The van der Waals surface area contributed by atoms with Crippen LogP contribution in [-0.2, 0) is 10.2 Å². The van der Waals surface area contributed by atoms with Gasteiger partial charge in [-0.25, -0.2) is 0 Å². The van der Waals surface area contributed by atoms with Crippen molar-refractivity contribution in [3.63, 3.8) is 0 Å². The van der Waals surface area contributed by atoms with Crippen molar-refractivity contribution < 1.29 is 9.53 Å². The van der Waals surface area contributed by atoms with Crippen LogP contribution in [0.1, 0.15) is 49.0 Å². The lowest BCUT2D eigenvalue weighted by Crippen LogP contribution is -2.51. The Labute approximate surface area is 129 Å². The van der Waals surface area contributed by atoms with Crippen LogP contribution in [-0.4, -0.2) is 52.7 Å². The van der Waals surface area contributed by atoms with E-state index in [4.69, 9.17) is 10.5 Å². The molecule has 1 aliphatic rings. The normalized spacial score (nSPS) is 23.4. The van der Waals surface area contributed by atoms with Gasteiger partial charge in [-0.15, -0.1) is 5.10 Å². The predicted molar refractivity (Wildman–Crippen MR) is 82.5 cm³/mol. The molecule has 2 heterocycles. The Morgan fingerprint density at radius 2 is 2.24 bits per heavy atom. The maximum absolute atomic E-state index is 12.9. The van der Waals surface area contributed by atoms with Crippen molar-refractivity contribution in [2.45, 2.75) is 51.2 Å². The minimum atomic E-state index is -0.193. The molecule has 1 aromatic heterocycles. The van der Waals surface area contributed by atoms with Crippen LogP contribution in [0.2, 0.25) is 0 Å². The predicted octanol–water partition coefficient (Wildman–Crippen LogP) is 1.41. The number of hydrogen-bond donors (Lipinski definition) is 1. The van der Waals surface area contributed by atoms with Crippen LogP contribution in [0.4, 0.5) is 0 Å². The van der Waals surface area contributed by atoms with Gasteiger partial charge in [0.05, 0.1) is 11.8 Å².